The fourth-order valence-corrected chi connectivity index (χ4v) is 5.01. The van der Waals surface area contributed by atoms with Gasteiger partial charge in [0.15, 0.2) is 0 Å². The van der Waals surface area contributed by atoms with Crippen molar-refractivity contribution in [3.05, 3.63) is 65.7 Å². The number of aliphatic hydroxyl groups is 1. The van der Waals surface area contributed by atoms with Crippen LogP contribution in [0, 0.1) is 17.8 Å². The maximum atomic E-state index is 13.0. The number of hydrogen-bond donors (Lipinski definition) is 3. The number of amides is 1. The van der Waals surface area contributed by atoms with E-state index < -0.39 is 18.2 Å². The quantitative estimate of drug-likeness (QED) is 0.423. The minimum absolute atomic E-state index is 0.0838. The number of carbonyl (C=O) groups excluding carboxylic acids is 1. The molecule has 0 aromatic heterocycles. The highest BCUT2D eigenvalue weighted by Crippen LogP contribution is 2.35. The number of alkyl carbamates (subject to hydrolysis) is 1. The zero-order valence-corrected chi connectivity index (χ0v) is 21.6. The summed E-state index contributed by atoms with van der Waals surface area (Å²) in [7, 11) is 1.65. The summed E-state index contributed by atoms with van der Waals surface area (Å²) in [6.07, 6.45) is 2.37. The van der Waals surface area contributed by atoms with Crippen LogP contribution in [0.2, 0.25) is 0 Å². The standard InChI is InChI=1S/C29H42N2O4/c1-20(2)25-14-13-21(3)15-28(25)35-29(33)31-26(17-22-9-6-5-7-10-22)27(32)19-30-18-23-11-8-12-24(16-23)34-4/h5-12,16,20-21,25-28,30,32H,13-15,17-19H2,1-4H3,(H,31,33)/t21-,25+,26+,27-,28-/m1/s1. The summed E-state index contributed by atoms with van der Waals surface area (Å²) in [5.41, 5.74) is 2.12. The number of rotatable bonds is 11. The molecular weight excluding hydrogens is 440 g/mol. The van der Waals surface area contributed by atoms with Crippen molar-refractivity contribution in [1.29, 1.82) is 0 Å². The molecule has 1 amide bonds. The predicted molar refractivity (Wildman–Crippen MR) is 139 cm³/mol. The third-order valence-electron chi connectivity index (χ3n) is 7.10. The predicted octanol–water partition coefficient (Wildman–Crippen LogP) is 4.94. The van der Waals surface area contributed by atoms with E-state index >= 15 is 0 Å². The number of carbonyl (C=O) groups is 1. The molecular formula is C29H42N2O4. The Kier molecular flexibility index (Phi) is 10.4. The van der Waals surface area contributed by atoms with Gasteiger partial charge in [0.25, 0.3) is 0 Å². The second-order valence-corrected chi connectivity index (χ2v) is 10.3. The number of nitrogens with one attached hydrogen (secondary N) is 2. The molecule has 0 aliphatic heterocycles. The molecule has 0 saturated heterocycles. The van der Waals surface area contributed by atoms with Crippen molar-refractivity contribution in [2.45, 2.75) is 71.2 Å². The van der Waals surface area contributed by atoms with Gasteiger partial charge in [-0.05, 0) is 60.3 Å². The lowest BCUT2D eigenvalue weighted by Gasteiger charge is -2.37. The van der Waals surface area contributed by atoms with Gasteiger partial charge in [-0.1, -0.05) is 69.7 Å². The van der Waals surface area contributed by atoms with E-state index in [1.54, 1.807) is 7.11 Å². The highest BCUT2D eigenvalue weighted by Gasteiger charge is 2.34. The summed E-state index contributed by atoms with van der Waals surface area (Å²) >= 11 is 0. The minimum Gasteiger partial charge on any atom is -0.497 e. The maximum absolute atomic E-state index is 13.0. The van der Waals surface area contributed by atoms with Gasteiger partial charge < -0.3 is 25.2 Å². The first kappa shape index (κ1) is 27.0. The van der Waals surface area contributed by atoms with Gasteiger partial charge in [-0.15, -0.1) is 0 Å². The van der Waals surface area contributed by atoms with Crippen molar-refractivity contribution in [3.8, 4) is 5.75 Å². The smallest absolute Gasteiger partial charge is 0.407 e. The molecule has 1 saturated carbocycles. The molecule has 5 atom stereocenters. The highest BCUT2D eigenvalue weighted by atomic mass is 16.6. The monoisotopic (exact) mass is 482 g/mol. The summed E-state index contributed by atoms with van der Waals surface area (Å²) in [5, 5.41) is 17.3. The molecule has 6 heteroatoms. The Labute approximate surface area is 210 Å². The summed E-state index contributed by atoms with van der Waals surface area (Å²) in [6.45, 7) is 7.55. The average molecular weight is 483 g/mol. The van der Waals surface area contributed by atoms with Crippen LogP contribution in [0.15, 0.2) is 54.6 Å². The lowest BCUT2D eigenvalue weighted by Crippen LogP contribution is -2.50. The Morgan fingerprint density at radius 1 is 1.09 bits per heavy atom. The SMILES string of the molecule is COc1cccc(CNC[C@@H](O)[C@H](Cc2ccccc2)NC(=O)O[C@@H]2C[C@H](C)CC[C@H]2C(C)C)c1. The van der Waals surface area contributed by atoms with Gasteiger partial charge in [0.05, 0.1) is 19.3 Å². The summed E-state index contributed by atoms with van der Waals surface area (Å²) < 4.78 is 11.2. The van der Waals surface area contributed by atoms with Crippen LogP contribution >= 0.6 is 0 Å². The molecule has 0 radical (unpaired) electrons. The van der Waals surface area contributed by atoms with E-state index in [2.05, 4.69) is 31.4 Å². The fraction of sp³-hybridized carbons (Fsp3) is 0.552. The molecule has 2 aromatic carbocycles. The second-order valence-electron chi connectivity index (χ2n) is 10.3. The molecule has 0 unspecified atom stereocenters. The Hall–Kier alpha value is -2.57. The van der Waals surface area contributed by atoms with Crippen molar-refractivity contribution < 1.29 is 19.4 Å². The van der Waals surface area contributed by atoms with Crippen molar-refractivity contribution in [1.82, 2.24) is 10.6 Å². The van der Waals surface area contributed by atoms with Crippen LogP contribution in [-0.2, 0) is 17.7 Å². The van der Waals surface area contributed by atoms with E-state index in [0.29, 0.717) is 37.3 Å². The summed E-state index contributed by atoms with van der Waals surface area (Å²) in [5.74, 6) is 2.19. The zero-order valence-electron chi connectivity index (χ0n) is 21.6. The van der Waals surface area contributed by atoms with E-state index in [4.69, 9.17) is 9.47 Å². The summed E-state index contributed by atoms with van der Waals surface area (Å²) in [4.78, 5) is 13.0. The lowest BCUT2D eigenvalue weighted by atomic mass is 9.75. The van der Waals surface area contributed by atoms with Gasteiger partial charge in [-0.25, -0.2) is 4.79 Å². The van der Waals surface area contributed by atoms with Crippen LogP contribution in [0.1, 0.15) is 51.2 Å². The molecule has 1 aliphatic carbocycles. The largest absolute Gasteiger partial charge is 0.497 e. The van der Waals surface area contributed by atoms with Gasteiger partial charge in [0.2, 0.25) is 0 Å². The maximum Gasteiger partial charge on any atom is 0.407 e. The number of hydrogen-bond acceptors (Lipinski definition) is 5. The molecule has 0 bridgehead atoms. The van der Waals surface area contributed by atoms with E-state index in [1.807, 2.05) is 54.6 Å². The van der Waals surface area contributed by atoms with Crippen LogP contribution in [-0.4, -0.2) is 43.1 Å². The van der Waals surface area contributed by atoms with Crippen LogP contribution in [0.3, 0.4) is 0 Å². The molecule has 3 rings (SSSR count). The normalized spacial score (nSPS) is 21.8. The number of aliphatic hydroxyl groups excluding tert-OH is 1. The van der Waals surface area contributed by atoms with Gasteiger partial charge in [0.1, 0.15) is 11.9 Å². The van der Waals surface area contributed by atoms with Crippen molar-refractivity contribution in [3.63, 3.8) is 0 Å². The molecule has 2 aromatic rings. The van der Waals surface area contributed by atoms with Crippen LogP contribution in [0.4, 0.5) is 4.79 Å². The summed E-state index contributed by atoms with van der Waals surface area (Å²) in [6, 6.07) is 17.3. The molecule has 0 spiro atoms. The van der Waals surface area contributed by atoms with Crippen LogP contribution < -0.4 is 15.4 Å². The Balaban J connectivity index is 1.61. The second kappa shape index (κ2) is 13.5. The molecule has 192 valence electrons. The van der Waals surface area contributed by atoms with Crippen LogP contribution in [0.5, 0.6) is 5.75 Å². The molecule has 35 heavy (non-hydrogen) atoms. The fourth-order valence-electron chi connectivity index (χ4n) is 5.01. The molecule has 1 aliphatic rings. The van der Waals surface area contributed by atoms with Gasteiger partial charge in [0, 0.05) is 13.1 Å². The van der Waals surface area contributed by atoms with Crippen molar-refractivity contribution >= 4 is 6.09 Å². The third kappa shape index (κ3) is 8.55. The molecule has 0 heterocycles. The first-order valence-electron chi connectivity index (χ1n) is 12.9. The zero-order chi connectivity index (χ0) is 25.2. The molecule has 6 nitrogen and oxygen atoms in total. The number of benzene rings is 2. The van der Waals surface area contributed by atoms with Crippen molar-refractivity contribution in [2.75, 3.05) is 13.7 Å². The van der Waals surface area contributed by atoms with Crippen LogP contribution in [0.25, 0.3) is 0 Å². The van der Waals surface area contributed by atoms with E-state index in [0.717, 1.165) is 29.7 Å². The average Bonchev–Trinajstić information content (AvgIpc) is 2.84. The first-order valence-corrected chi connectivity index (χ1v) is 12.9. The molecule has 3 N–H and O–H groups in total. The number of ether oxygens (including phenoxy) is 2. The lowest BCUT2D eigenvalue weighted by molar-refractivity contribution is 0.00189. The Morgan fingerprint density at radius 3 is 2.54 bits per heavy atom. The Morgan fingerprint density at radius 2 is 1.83 bits per heavy atom. The van der Waals surface area contributed by atoms with Gasteiger partial charge in [-0.2, -0.15) is 0 Å². The molecule has 1 fully saturated rings. The van der Waals surface area contributed by atoms with Crippen molar-refractivity contribution in [2.24, 2.45) is 17.8 Å². The van der Waals surface area contributed by atoms with Gasteiger partial charge >= 0.3 is 6.09 Å². The van der Waals surface area contributed by atoms with E-state index in [1.165, 1.54) is 6.42 Å². The highest BCUT2D eigenvalue weighted by molar-refractivity contribution is 5.68. The van der Waals surface area contributed by atoms with Gasteiger partial charge in [-0.3, -0.25) is 0 Å². The van der Waals surface area contributed by atoms with E-state index in [9.17, 15) is 9.90 Å². The Bertz CT molecular complexity index is 905. The number of methoxy groups -OCH3 is 1. The minimum atomic E-state index is -0.778. The first-order chi connectivity index (χ1) is 16.9. The topological polar surface area (TPSA) is 79.8 Å². The third-order valence-corrected chi connectivity index (χ3v) is 7.10. The van der Waals surface area contributed by atoms with E-state index in [-0.39, 0.29) is 6.10 Å².